The van der Waals surface area contributed by atoms with Crippen LogP contribution in [0.25, 0.3) is 0 Å². The van der Waals surface area contributed by atoms with Gasteiger partial charge in [-0.15, -0.1) is 11.1 Å². The third-order valence-electron chi connectivity index (χ3n) is 3.07. The van der Waals surface area contributed by atoms with Gasteiger partial charge in [0.25, 0.3) is 33.1 Å². The molecule has 0 atom stereocenters. The van der Waals surface area contributed by atoms with Gasteiger partial charge in [-0.2, -0.15) is 0 Å². The van der Waals surface area contributed by atoms with Gasteiger partial charge in [0.15, 0.2) is 0 Å². The highest BCUT2D eigenvalue weighted by Gasteiger charge is 2.36. The van der Waals surface area contributed by atoms with Crippen LogP contribution in [0.5, 0.6) is 0 Å². The molecule has 27 heavy (non-hydrogen) atoms. The Balaban J connectivity index is -0.000000416. The quantitative estimate of drug-likeness (QED) is 0.300. The van der Waals surface area contributed by atoms with Crippen LogP contribution >= 0.6 is 11.1 Å². The van der Waals surface area contributed by atoms with Crippen LogP contribution in [-0.4, -0.2) is 89.9 Å². The highest BCUT2D eigenvalue weighted by Crippen LogP contribution is 2.15. The summed E-state index contributed by atoms with van der Waals surface area (Å²) in [4.78, 5) is 0. The predicted octanol–water partition coefficient (Wildman–Crippen LogP) is 3.38. The first-order valence-corrected chi connectivity index (χ1v) is 21.5. The predicted molar refractivity (Wildman–Crippen MR) is 132 cm³/mol. The van der Waals surface area contributed by atoms with E-state index in [2.05, 4.69) is 68.1 Å². The number of rotatable bonds is 9. The number of nitrogens with one attached hydrogen (secondary N) is 2. The van der Waals surface area contributed by atoms with Gasteiger partial charge >= 0.3 is 0 Å². The van der Waals surface area contributed by atoms with E-state index >= 15 is 0 Å². The first-order valence-electron chi connectivity index (χ1n) is 8.86. The van der Waals surface area contributed by atoms with Crippen molar-refractivity contribution in [2.45, 2.75) is 59.8 Å². The Morgan fingerprint density at radius 3 is 1.15 bits per heavy atom. The largest absolute Gasteiger partial charge is 0.432 e. The Labute approximate surface area is 179 Å². The standard InChI is InChI=1S/C8H25N3OSi2.C6H19ClN2OSi2.CH4/c1-10(2)9-13(5,6)12-14(7,8)11(3)4;1-9(2)8-12(5,6)10-11(3,4)7;/h9H,1-8H3;8H,1-6H3;1H4. The molecule has 2 N–H and O–H groups in total. The van der Waals surface area contributed by atoms with E-state index < -0.39 is 33.1 Å². The van der Waals surface area contributed by atoms with E-state index in [1.54, 1.807) is 0 Å². The topological polar surface area (TPSA) is 52.2 Å². The van der Waals surface area contributed by atoms with Crippen LogP contribution in [0, 0.1) is 0 Å². The van der Waals surface area contributed by atoms with Crippen molar-refractivity contribution in [3.8, 4) is 0 Å². The second kappa shape index (κ2) is 12.5. The molecule has 0 amide bonds. The second-order valence-corrected chi connectivity index (χ2v) is 26.3. The Morgan fingerprint density at radius 1 is 0.630 bits per heavy atom. The zero-order valence-corrected chi connectivity index (χ0v) is 24.3. The van der Waals surface area contributed by atoms with Gasteiger partial charge in [0, 0.05) is 28.2 Å². The summed E-state index contributed by atoms with van der Waals surface area (Å²) in [5.41, 5.74) is 0. The third-order valence-corrected chi connectivity index (χ3v) is 15.9. The Bertz CT molecular complexity index is 406. The smallest absolute Gasteiger partial charge is 0.274 e. The van der Waals surface area contributed by atoms with Crippen molar-refractivity contribution >= 4 is 44.1 Å². The maximum absolute atomic E-state index is 6.25. The molecule has 0 bridgehead atoms. The van der Waals surface area contributed by atoms with Gasteiger partial charge in [-0.1, -0.05) is 7.43 Å². The number of hydrogen-bond acceptors (Lipinski definition) is 7. The molecule has 0 saturated carbocycles. The van der Waals surface area contributed by atoms with E-state index in [1.807, 2.05) is 51.3 Å². The number of halogens is 1. The van der Waals surface area contributed by atoms with Gasteiger partial charge in [-0.3, -0.25) is 20.2 Å². The third kappa shape index (κ3) is 19.9. The lowest BCUT2D eigenvalue weighted by Gasteiger charge is -2.39. The lowest BCUT2D eigenvalue weighted by Crippen LogP contribution is -2.62. The molecule has 0 spiro atoms. The summed E-state index contributed by atoms with van der Waals surface area (Å²) >= 11 is 6.09. The normalized spacial score (nSPS) is 13.6. The van der Waals surface area contributed by atoms with Crippen LogP contribution in [0.15, 0.2) is 0 Å². The summed E-state index contributed by atoms with van der Waals surface area (Å²) in [5, 5.41) is 10.6. The molecule has 0 rings (SSSR count). The summed E-state index contributed by atoms with van der Waals surface area (Å²) in [5.74, 6) is 0. The number of hydrogen-bond donors (Lipinski definition) is 2. The molecule has 0 unspecified atom stereocenters. The fourth-order valence-corrected chi connectivity index (χ4v) is 17.3. The molecule has 0 aliphatic rings. The maximum Gasteiger partial charge on any atom is 0.274 e. The van der Waals surface area contributed by atoms with Gasteiger partial charge in [0.1, 0.15) is 0 Å². The first kappa shape index (κ1) is 32.5. The van der Waals surface area contributed by atoms with Crippen molar-refractivity contribution < 1.29 is 8.23 Å². The van der Waals surface area contributed by atoms with E-state index in [0.29, 0.717) is 0 Å². The van der Waals surface area contributed by atoms with E-state index in [1.165, 1.54) is 0 Å². The Kier molecular flexibility index (Phi) is 15.1. The molecule has 7 nitrogen and oxygen atoms in total. The van der Waals surface area contributed by atoms with Gasteiger partial charge < -0.3 is 12.8 Å². The SMILES string of the molecule is C.CN(C)N[Si](C)(C)O[Si](C)(C)Cl.CN(C)N[Si](C)(C)O[Si](C)(C)N(C)C. The van der Waals surface area contributed by atoms with Crippen molar-refractivity contribution in [3.63, 3.8) is 0 Å². The average Bonchev–Trinajstić information content (AvgIpc) is 2.18. The average molecular weight is 478 g/mol. The molecule has 0 aliphatic heterocycles. The summed E-state index contributed by atoms with van der Waals surface area (Å²) in [6.07, 6.45) is 0. The minimum atomic E-state index is -1.91. The molecule has 0 saturated heterocycles. The molecule has 0 aromatic rings. The molecular weight excluding hydrogens is 430 g/mol. The molecule has 168 valence electrons. The summed E-state index contributed by atoms with van der Waals surface area (Å²) in [6.45, 7) is 17.0. The summed E-state index contributed by atoms with van der Waals surface area (Å²) in [6, 6.07) is 0. The van der Waals surface area contributed by atoms with Crippen molar-refractivity contribution in [3.05, 3.63) is 0 Å². The van der Waals surface area contributed by atoms with Crippen LogP contribution in [0.4, 0.5) is 0 Å². The highest BCUT2D eigenvalue weighted by molar-refractivity contribution is 7.17. The Morgan fingerprint density at radius 2 is 0.926 bits per heavy atom. The first-order chi connectivity index (χ1) is 11.2. The lowest BCUT2D eigenvalue weighted by atomic mass is 11.2. The molecule has 0 heterocycles. The molecule has 0 aromatic carbocycles. The van der Waals surface area contributed by atoms with Crippen LogP contribution in [0.2, 0.25) is 52.4 Å². The second-order valence-electron chi connectivity index (χ2n) is 8.94. The molecular formula is C15H48ClN5O2Si4. The van der Waals surface area contributed by atoms with Gasteiger partial charge in [0.2, 0.25) is 0 Å². The summed E-state index contributed by atoms with van der Waals surface area (Å²) < 4.78 is 14.3. The van der Waals surface area contributed by atoms with Crippen molar-refractivity contribution in [1.29, 1.82) is 0 Å². The molecule has 12 heteroatoms. The van der Waals surface area contributed by atoms with Crippen molar-refractivity contribution in [2.24, 2.45) is 0 Å². The fraction of sp³-hybridized carbons (Fsp3) is 1.00. The van der Waals surface area contributed by atoms with Crippen molar-refractivity contribution in [2.75, 3.05) is 42.3 Å². The minimum absolute atomic E-state index is 0. The highest BCUT2D eigenvalue weighted by atomic mass is 35.6. The van der Waals surface area contributed by atoms with E-state index in [4.69, 9.17) is 19.3 Å². The lowest BCUT2D eigenvalue weighted by molar-refractivity contribution is 0.320. The van der Waals surface area contributed by atoms with Gasteiger partial charge in [-0.05, 0) is 66.5 Å². The molecule has 0 fully saturated rings. The minimum Gasteiger partial charge on any atom is -0.432 e. The van der Waals surface area contributed by atoms with Crippen LogP contribution in [0.3, 0.4) is 0 Å². The number of hydrazine groups is 2. The zero-order valence-electron chi connectivity index (χ0n) is 19.5. The van der Waals surface area contributed by atoms with Crippen LogP contribution in [0.1, 0.15) is 7.43 Å². The fourth-order valence-electron chi connectivity index (χ4n) is 2.45. The zero-order chi connectivity index (χ0) is 21.6. The van der Waals surface area contributed by atoms with Crippen LogP contribution in [-0.2, 0) is 8.23 Å². The van der Waals surface area contributed by atoms with Crippen LogP contribution < -0.4 is 10.2 Å². The van der Waals surface area contributed by atoms with Gasteiger partial charge in [-0.25, -0.2) is 0 Å². The number of nitrogens with zero attached hydrogens (tertiary/aromatic N) is 3. The van der Waals surface area contributed by atoms with E-state index in [9.17, 15) is 0 Å². The monoisotopic (exact) mass is 477 g/mol. The molecule has 0 radical (unpaired) electrons. The van der Waals surface area contributed by atoms with E-state index in [0.717, 1.165) is 0 Å². The van der Waals surface area contributed by atoms with Crippen molar-refractivity contribution in [1.82, 2.24) is 24.8 Å². The van der Waals surface area contributed by atoms with E-state index in [-0.39, 0.29) is 7.43 Å². The summed E-state index contributed by atoms with van der Waals surface area (Å²) in [7, 11) is 4.95. The molecule has 0 aliphatic carbocycles. The maximum atomic E-state index is 6.25. The molecule has 0 aromatic heterocycles. The Hall–Kier alpha value is 0.878. The van der Waals surface area contributed by atoms with Gasteiger partial charge in [0.05, 0.1) is 0 Å².